The molecule has 0 aromatic carbocycles. The van der Waals surface area contributed by atoms with Crippen LogP contribution >= 0.6 is 0 Å². The second-order valence-corrected chi connectivity index (χ2v) is 5.77. The second kappa shape index (κ2) is 10.7. The van der Waals surface area contributed by atoms with Gasteiger partial charge < -0.3 is 9.64 Å². The maximum Gasteiger partial charge on any atom is 0.305 e. The predicted molar refractivity (Wildman–Crippen MR) is 81.4 cm³/mol. The standard InChI is InChI=1S/C16H31NO3/c1-6-8-9-14(7-2)12-20-15(18)11-10-13(3)16(19)17(4)5/h13-14H,6-12H2,1-5H3. The number of rotatable bonds is 10. The minimum absolute atomic E-state index is 0.0622. The van der Waals surface area contributed by atoms with Crippen LogP contribution in [0.3, 0.4) is 0 Å². The first-order valence-electron chi connectivity index (χ1n) is 7.79. The van der Waals surface area contributed by atoms with Gasteiger partial charge in [-0.05, 0) is 18.8 Å². The van der Waals surface area contributed by atoms with E-state index in [9.17, 15) is 9.59 Å². The van der Waals surface area contributed by atoms with Crippen molar-refractivity contribution in [1.82, 2.24) is 4.90 Å². The Morgan fingerprint density at radius 2 is 1.80 bits per heavy atom. The van der Waals surface area contributed by atoms with Gasteiger partial charge >= 0.3 is 5.97 Å². The smallest absolute Gasteiger partial charge is 0.305 e. The average molecular weight is 285 g/mol. The summed E-state index contributed by atoms with van der Waals surface area (Å²) in [7, 11) is 3.47. The molecule has 0 aliphatic heterocycles. The molecule has 4 nitrogen and oxygen atoms in total. The minimum Gasteiger partial charge on any atom is -0.465 e. The molecule has 0 saturated carbocycles. The topological polar surface area (TPSA) is 46.6 Å². The van der Waals surface area contributed by atoms with E-state index in [4.69, 9.17) is 4.74 Å². The van der Waals surface area contributed by atoms with Gasteiger partial charge in [0.15, 0.2) is 0 Å². The summed E-state index contributed by atoms with van der Waals surface area (Å²) in [5.74, 6) is 0.227. The van der Waals surface area contributed by atoms with E-state index < -0.39 is 0 Å². The Hall–Kier alpha value is -1.06. The van der Waals surface area contributed by atoms with Gasteiger partial charge in [0, 0.05) is 26.4 Å². The number of carbonyl (C=O) groups is 2. The molecule has 0 saturated heterocycles. The van der Waals surface area contributed by atoms with E-state index in [-0.39, 0.29) is 17.8 Å². The molecule has 0 rings (SSSR count). The van der Waals surface area contributed by atoms with Crippen LogP contribution in [0.25, 0.3) is 0 Å². The zero-order valence-electron chi connectivity index (χ0n) is 13.8. The Labute approximate surface area is 123 Å². The van der Waals surface area contributed by atoms with Crippen molar-refractivity contribution in [2.75, 3.05) is 20.7 Å². The molecule has 0 heterocycles. The van der Waals surface area contributed by atoms with Crippen molar-refractivity contribution in [1.29, 1.82) is 0 Å². The van der Waals surface area contributed by atoms with Gasteiger partial charge in [-0.15, -0.1) is 0 Å². The molecule has 2 atom stereocenters. The molecule has 0 N–H and O–H groups in total. The van der Waals surface area contributed by atoms with E-state index in [1.165, 1.54) is 12.8 Å². The molecule has 0 aromatic rings. The Kier molecular flexibility index (Phi) is 10.1. The molecule has 4 heteroatoms. The molecule has 0 bridgehead atoms. The van der Waals surface area contributed by atoms with E-state index in [0.717, 1.165) is 12.8 Å². The third kappa shape index (κ3) is 8.18. The highest BCUT2D eigenvalue weighted by Gasteiger charge is 2.17. The van der Waals surface area contributed by atoms with Crippen LogP contribution in [0.1, 0.15) is 59.3 Å². The third-order valence-electron chi connectivity index (χ3n) is 3.67. The van der Waals surface area contributed by atoms with E-state index in [1.54, 1.807) is 19.0 Å². The number of hydrogen-bond acceptors (Lipinski definition) is 3. The minimum atomic E-state index is -0.182. The monoisotopic (exact) mass is 285 g/mol. The quantitative estimate of drug-likeness (QED) is 0.579. The summed E-state index contributed by atoms with van der Waals surface area (Å²) in [6, 6.07) is 0. The molecule has 0 fully saturated rings. The fourth-order valence-corrected chi connectivity index (χ4v) is 2.08. The normalized spacial score (nSPS) is 13.7. The van der Waals surface area contributed by atoms with Crippen molar-refractivity contribution in [3.8, 4) is 0 Å². The van der Waals surface area contributed by atoms with Crippen LogP contribution in [-0.4, -0.2) is 37.5 Å². The number of unbranched alkanes of at least 4 members (excludes halogenated alkanes) is 1. The van der Waals surface area contributed by atoms with Crippen LogP contribution in [0.15, 0.2) is 0 Å². The molecular formula is C16H31NO3. The number of esters is 1. The summed E-state index contributed by atoms with van der Waals surface area (Å²) in [6.45, 7) is 6.67. The lowest BCUT2D eigenvalue weighted by atomic mass is 10.0. The largest absolute Gasteiger partial charge is 0.465 e. The fraction of sp³-hybridized carbons (Fsp3) is 0.875. The van der Waals surface area contributed by atoms with Crippen molar-refractivity contribution in [2.24, 2.45) is 11.8 Å². The van der Waals surface area contributed by atoms with Gasteiger partial charge in [-0.2, -0.15) is 0 Å². The lowest BCUT2D eigenvalue weighted by Gasteiger charge is -2.17. The zero-order valence-corrected chi connectivity index (χ0v) is 13.8. The van der Waals surface area contributed by atoms with Crippen molar-refractivity contribution in [3.63, 3.8) is 0 Å². The lowest BCUT2D eigenvalue weighted by Crippen LogP contribution is -2.28. The summed E-state index contributed by atoms with van der Waals surface area (Å²) in [5.41, 5.74) is 0. The van der Waals surface area contributed by atoms with Gasteiger partial charge in [0.05, 0.1) is 6.61 Å². The summed E-state index contributed by atoms with van der Waals surface area (Å²) >= 11 is 0. The molecule has 0 spiro atoms. The van der Waals surface area contributed by atoms with Crippen LogP contribution in [0, 0.1) is 11.8 Å². The van der Waals surface area contributed by atoms with Gasteiger partial charge in [-0.25, -0.2) is 0 Å². The number of carbonyl (C=O) groups excluding carboxylic acids is 2. The van der Waals surface area contributed by atoms with E-state index in [2.05, 4.69) is 13.8 Å². The highest BCUT2D eigenvalue weighted by atomic mass is 16.5. The molecule has 0 aliphatic rings. The van der Waals surface area contributed by atoms with Crippen LogP contribution in [0.2, 0.25) is 0 Å². The number of hydrogen-bond donors (Lipinski definition) is 0. The maximum atomic E-state index is 11.7. The number of amides is 1. The molecule has 1 amide bonds. The van der Waals surface area contributed by atoms with E-state index in [1.807, 2.05) is 6.92 Å². The van der Waals surface area contributed by atoms with E-state index in [0.29, 0.717) is 25.4 Å². The Morgan fingerprint density at radius 1 is 1.15 bits per heavy atom. The molecular weight excluding hydrogens is 254 g/mol. The molecule has 0 aromatic heterocycles. The van der Waals surface area contributed by atoms with Crippen LogP contribution < -0.4 is 0 Å². The summed E-state index contributed by atoms with van der Waals surface area (Å²) in [5, 5.41) is 0. The van der Waals surface area contributed by atoms with Gasteiger partial charge in [0.25, 0.3) is 0 Å². The van der Waals surface area contributed by atoms with E-state index >= 15 is 0 Å². The van der Waals surface area contributed by atoms with Crippen LogP contribution in [0.4, 0.5) is 0 Å². The van der Waals surface area contributed by atoms with Crippen molar-refractivity contribution < 1.29 is 14.3 Å². The first-order chi connectivity index (χ1) is 9.42. The van der Waals surface area contributed by atoms with Crippen molar-refractivity contribution >= 4 is 11.9 Å². The van der Waals surface area contributed by atoms with Crippen molar-refractivity contribution in [2.45, 2.75) is 59.3 Å². The van der Waals surface area contributed by atoms with Crippen molar-refractivity contribution in [3.05, 3.63) is 0 Å². The lowest BCUT2D eigenvalue weighted by molar-refractivity contribution is -0.145. The summed E-state index contributed by atoms with van der Waals surface area (Å²) in [4.78, 5) is 24.9. The number of nitrogens with zero attached hydrogens (tertiary/aromatic N) is 1. The Morgan fingerprint density at radius 3 is 2.30 bits per heavy atom. The fourth-order valence-electron chi connectivity index (χ4n) is 2.08. The van der Waals surface area contributed by atoms with Crippen LogP contribution in [-0.2, 0) is 14.3 Å². The Balaban J connectivity index is 3.90. The average Bonchev–Trinajstić information content (AvgIpc) is 2.43. The van der Waals surface area contributed by atoms with Gasteiger partial charge in [-0.1, -0.05) is 40.0 Å². The summed E-state index contributed by atoms with van der Waals surface area (Å²) < 4.78 is 5.32. The molecule has 118 valence electrons. The Bertz CT molecular complexity index is 289. The number of ether oxygens (including phenoxy) is 1. The third-order valence-corrected chi connectivity index (χ3v) is 3.67. The highest BCUT2D eigenvalue weighted by Crippen LogP contribution is 2.14. The summed E-state index contributed by atoms with van der Waals surface area (Å²) in [6.07, 6.45) is 5.41. The first kappa shape index (κ1) is 18.9. The van der Waals surface area contributed by atoms with Crippen LogP contribution in [0.5, 0.6) is 0 Å². The van der Waals surface area contributed by atoms with Gasteiger partial charge in [0.1, 0.15) is 0 Å². The zero-order chi connectivity index (χ0) is 15.5. The predicted octanol–water partition coefficient (Wildman–Crippen LogP) is 3.25. The highest BCUT2D eigenvalue weighted by molar-refractivity contribution is 5.78. The maximum absolute atomic E-state index is 11.7. The SMILES string of the molecule is CCCCC(CC)COC(=O)CCC(C)C(=O)N(C)C. The van der Waals surface area contributed by atoms with Gasteiger partial charge in [-0.3, -0.25) is 9.59 Å². The molecule has 20 heavy (non-hydrogen) atoms. The van der Waals surface area contributed by atoms with Gasteiger partial charge in [0.2, 0.25) is 5.91 Å². The second-order valence-electron chi connectivity index (χ2n) is 5.77. The molecule has 0 aliphatic carbocycles. The molecule has 0 radical (unpaired) electrons. The first-order valence-corrected chi connectivity index (χ1v) is 7.79. The molecule has 2 unspecified atom stereocenters.